The number of rotatable bonds is 18. The summed E-state index contributed by atoms with van der Waals surface area (Å²) in [5, 5.41) is 29.6. The number of anilines is 3. The second-order valence-electron chi connectivity index (χ2n) is 10.8. The lowest BCUT2D eigenvalue weighted by atomic mass is 10.1. The molecule has 3 rings (SSSR count). The van der Waals surface area contributed by atoms with Gasteiger partial charge in [0.1, 0.15) is 11.6 Å². The molecule has 2 atom stereocenters. The first-order valence-corrected chi connectivity index (χ1v) is 14.6. The fraction of sp³-hybridized carbons (Fsp3) is 0.552. The number of carbonyl (C=O) groups excluding carboxylic acids is 1. The minimum absolute atomic E-state index is 0.0387. The summed E-state index contributed by atoms with van der Waals surface area (Å²) in [5.74, 6) is 1.68. The molecule has 0 radical (unpaired) electrons. The summed E-state index contributed by atoms with van der Waals surface area (Å²) in [6.45, 7) is 9.40. The minimum Gasteiger partial charge on any atom is -0.466 e. The quantitative estimate of drug-likeness (QED) is 0.117. The maximum Gasteiger partial charge on any atom is 0.306 e. The number of nitrogens with zero attached hydrogens (tertiary/aromatic N) is 10. The molecule has 45 heavy (non-hydrogen) atoms. The van der Waals surface area contributed by atoms with Crippen LogP contribution in [0.5, 0.6) is 0 Å². The number of hydrogen-bond donors (Lipinski definition) is 2. The van der Waals surface area contributed by atoms with Crippen LogP contribution in [0.4, 0.5) is 29.1 Å². The first kappa shape index (κ1) is 34.7. The molecule has 0 fully saturated rings. The summed E-state index contributed by atoms with van der Waals surface area (Å²) in [4.78, 5) is 31.7. The van der Waals surface area contributed by atoms with Crippen LogP contribution >= 0.6 is 0 Å². The molecule has 242 valence electrons. The molecule has 3 aromatic rings. The van der Waals surface area contributed by atoms with Crippen molar-refractivity contribution in [3.05, 3.63) is 30.4 Å². The first-order chi connectivity index (χ1) is 21.7. The number of methoxy groups -OCH3 is 2. The minimum atomic E-state index is -0.231. The van der Waals surface area contributed by atoms with E-state index in [0.717, 1.165) is 0 Å². The van der Waals surface area contributed by atoms with E-state index in [-0.39, 0.29) is 42.0 Å². The third kappa shape index (κ3) is 10.4. The predicted molar refractivity (Wildman–Crippen MR) is 168 cm³/mol. The molecule has 0 saturated carbocycles. The predicted octanol–water partition coefficient (Wildman–Crippen LogP) is 4.05. The Hall–Kier alpha value is -4.75. The van der Waals surface area contributed by atoms with Crippen molar-refractivity contribution in [3.8, 4) is 11.9 Å². The largest absolute Gasteiger partial charge is 0.466 e. The van der Waals surface area contributed by atoms with E-state index in [0.29, 0.717) is 61.7 Å². The van der Waals surface area contributed by atoms with E-state index in [1.165, 1.54) is 23.3 Å². The Morgan fingerprint density at radius 2 is 1.87 bits per heavy atom. The van der Waals surface area contributed by atoms with E-state index >= 15 is 0 Å². The average Bonchev–Trinajstić information content (AvgIpc) is 3.43. The number of ether oxygens (including phenoxy) is 3. The van der Waals surface area contributed by atoms with Crippen molar-refractivity contribution in [2.75, 3.05) is 63.2 Å². The Bertz CT molecular complexity index is 1440. The third-order valence-electron chi connectivity index (χ3n) is 6.35. The molecular formula is C29H42N12O4. The van der Waals surface area contributed by atoms with Gasteiger partial charge < -0.3 is 29.7 Å². The SMILES string of the molecule is COCC(C)Nc1nc(N(C)C(C)COC)nc(NCCCOC(=O)CC(C)C)c1N=Nc1nn(-c2cnccn2)cc1C#N. The molecule has 0 aliphatic heterocycles. The molecule has 16 nitrogen and oxygen atoms in total. The Morgan fingerprint density at radius 1 is 1.11 bits per heavy atom. The van der Waals surface area contributed by atoms with Crippen molar-refractivity contribution in [2.45, 2.75) is 52.6 Å². The molecular weight excluding hydrogens is 580 g/mol. The highest BCUT2D eigenvalue weighted by Gasteiger charge is 2.21. The van der Waals surface area contributed by atoms with Gasteiger partial charge in [-0.2, -0.15) is 15.2 Å². The Balaban J connectivity index is 2.00. The lowest BCUT2D eigenvalue weighted by Gasteiger charge is -2.26. The van der Waals surface area contributed by atoms with Crippen molar-refractivity contribution in [3.63, 3.8) is 0 Å². The molecule has 0 amide bonds. The van der Waals surface area contributed by atoms with Crippen molar-refractivity contribution in [1.29, 1.82) is 5.26 Å². The summed E-state index contributed by atoms with van der Waals surface area (Å²) >= 11 is 0. The summed E-state index contributed by atoms with van der Waals surface area (Å²) in [7, 11) is 5.12. The number of azo groups is 1. The second-order valence-corrected chi connectivity index (χ2v) is 10.8. The van der Waals surface area contributed by atoms with E-state index < -0.39 is 0 Å². The summed E-state index contributed by atoms with van der Waals surface area (Å²) in [6, 6.07) is 1.91. The molecule has 2 unspecified atom stereocenters. The number of aromatic nitrogens is 6. The van der Waals surface area contributed by atoms with Crippen molar-refractivity contribution >= 4 is 35.1 Å². The normalized spacial score (nSPS) is 12.6. The number of esters is 1. The molecule has 3 heterocycles. The molecule has 0 aromatic carbocycles. The zero-order valence-corrected chi connectivity index (χ0v) is 26.9. The van der Waals surface area contributed by atoms with Crippen LogP contribution in [0.1, 0.15) is 46.1 Å². The van der Waals surface area contributed by atoms with Gasteiger partial charge >= 0.3 is 5.97 Å². The van der Waals surface area contributed by atoms with Crippen LogP contribution in [0.2, 0.25) is 0 Å². The van der Waals surface area contributed by atoms with Gasteiger partial charge in [0.25, 0.3) is 0 Å². The van der Waals surface area contributed by atoms with Crippen LogP contribution < -0.4 is 15.5 Å². The monoisotopic (exact) mass is 622 g/mol. The topological polar surface area (TPSA) is 190 Å². The number of nitriles is 1. The van der Waals surface area contributed by atoms with E-state index in [1.54, 1.807) is 20.4 Å². The van der Waals surface area contributed by atoms with E-state index in [2.05, 4.69) is 42.0 Å². The molecule has 0 aliphatic rings. The van der Waals surface area contributed by atoms with E-state index in [1.807, 2.05) is 39.6 Å². The highest BCUT2D eigenvalue weighted by molar-refractivity contribution is 5.76. The van der Waals surface area contributed by atoms with Crippen LogP contribution in [-0.2, 0) is 19.0 Å². The van der Waals surface area contributed by atoms with Gasteiger partial charge in [0.05, 0.1) is 38.3 Å². The maximum atomic E-state index is 12.0. The van der Waals surface area contributed by atoms with Gasteiger partial charge in [-0.05, 0) is 26.2 Å². The van der Waals surface area contributed by atoms with Crippen LogP contribution in [0.3, 0.4) is 0 Å². The van der Waals surface area contributed by atoms with E-state index in [4.69, 9.17) is 24.2 Å². The van der Waals surface area contributed by atoms with Crippen LogP contribution in [0.15, 0.2) is 35.0 Å². The van der Waals surface area contributed by atoms with Crippen molar-refractivity contribution < 1.29 is 19.0 Å². The van der Waals surface area contributed by atoms with Gasteiger partial charge in [-0.3, -0.25) is 9.78 Å². The number of hydrogen-bond acceptors (Lipinski definition) is 15. The van der Waals surface area contributed by atoms with Crippen LogP contribution in [0, 0.1) is 17.2 Å². The fourth-order valence-corrected chi connectivity index (χ4v) is 3.99. The fourth-order valence-electron chi connectivity index (χ4n) is 3.99. The smallest absolute Gasteiger partial charge is 0.306 e. The highest BCUT2D eigenvalue weighted by Crippen LogP contribution is 2.35. The molecule has 0 saturated heterocycles. The molecule has 2 N–H and O–H groups in total. The first-order valence-electron chi connectivity index (χ1n) is 14.6. The molecule has 0 spiro atoms. The molecule has 0 aliphatic carbocycles. The average molecular weight is 623 g/mol. The van der Waals surface area contributed by atoms with Crippen LogP contribution in [0.25, 0.3) is 5.82 Å². The van der Waals surface area contributed by atoms with Crippen molar-refractivity contribution in [2.24, 2.45) is 16.1 Å². The summed E-state index contributed by atoms with van der Waals surface area (Å²) in [5.41, 5.74) is 0.485. The Labute approximate surface area is 263 Å². The Morgan fingerprint density at radius 3 is 2.53 bits per heavy atom. The third-order valence-corrected chi connectivity index (χ3v) is 6.35. The summed E-state index contributed by atoms with van der Waals surface area (Å²) in [6.07, 6.45) is 6.98. The maximum absolute atomic E-state index is 12.0. The number of nitrogens with one attached hydrogen (secondary N) is 2. The van der Waals surface area contributed by atoms with Gasteiger partial charge in [0.15, 0.2) is 23.1 Å². The molecule has 0 bridgehead atoms. The number of likely N-dealkylation sites (N-methyl/N-ethyl adjacent to an activating group) is 1. The molecule has 3 aromatic heterocycles. The van der Waals surface area contributed by atoms with Gasteiger partial charge in [0.2, 0.25) is 11.8 Å². The second kappa shape index (κ2) is 17.5. The van der Waals surface area contributed by atoms with Gasteiger partial charge in [0, 0.05) is 52.7 Å². The number of carbonyl (C=O) groups is 1. The standard InChI is InChI=1S/C29H42N12O4/c1-19(2)13-24(42)45-12-8-9-33-27-25(37-38-26-22(14-30)16-41(39-26)23-15-31-10-11-32-23)28(34-20(3)17-43-6)36-29(35-27)40(5)21(4)18-44-7/h10-11,15-16,19-21H,8-9,12-13,17-18H2,1-7H3,(H2,33,34,35,36). The summed E-state index contributed by atoms with van der Waals surface area (Å²) < 4.78 is 17.4. The van der Waals surface area contributed by atoms with Crippen molar-refractivity contribution in [1.82, 2.24) is 29.7 Å². The zero-order valence-electron chi connectivity index (χ0n) is 26.9. The van der Waals surface area contributed by atoms with Gasteiger partial charge in [-0.25, -0.2) is 9.67 Å². The van der Waals surface area contributed by atoms with Gasteiger partial charge in [-0.1, -0.05) is 13.8 Å². The lowest BCUT2D eigenvalue weighted by Crippen LogP contribution is -2.34. The van der Waals surface area contributed by atoms with Gasteiger partial charge in [-0.15, -0.1) is 15.3 Å². The van der Waals surface area contributed by atoms with E-state index in [9.17, 15) is 10.1 Å². The Kier molecular flexibility index (Phi) is 13.5. The lowest BCUT2D eigenvalue weighted by molar-refractivity contribution is -0.144. The zero-order chi connectivity index (χ0) is 32.8. The molecule has 16 heteroatoms. The van der Waals surface area contributed by atoms with Crippen LogP contribution in [-0.4, -0.2) is 95.4 Å². The highest BCUT2D eigenvalue weighted by atomic mass is 16.5.